The van der Waals surface area contributed by atoms with Crippen LogP contribution in [0.4, 0.5) is 0 Å². The van der Waals surface area contributed by atoms with Crippen LogP contribution in [0.1, 0.15) is 20.2 Å². The first-order valence-corrected chi connectivity index (χ1v) is 7.12. The van der Waals surface area contributed by atoms with Gasteiger partial charge in [-0.2, -0.15) is 0 Å². The number of aryl methyl sites for hydroxylation is 1. The molecule has 0 N–H and O–H groups in total. The standard InChI is InChI=1S/C13H12BrNO3S/c1-8-15-5-10(19-8)7-18-13-11(14)3-9(6-16)4-12(13)17-2/h3-6H,7H2,1-2H3. The Bertz CT molecular complexity index is 598. The van der Waals surface area contributed by atoms with Crippen molar-refractivity contribution in [1.29, 1.82) is 0 Å². The number of rotatable bonds is 5. The first-order valence-electron chi connectivity index (χ1n) is 5.51. The molecule has 0 aliphatic rings. The molecule has 0 bridgehead atoms. The summed E-state index contributed by atoms with van der Waals surface area (Å²) in [6, 6.07) is 3.34. The number of hydrogen-bond acceptors (Lipinski definition) is 5. The van der Waals surface area contributed by atoms with Gasteiger partial charge in [0.15, 0.2) is 11.5 Å². The van der Waals surface area contributed by atoms with Crippen molar-refractivity contribution in [3.8, 4) is 11.5 Å². The number of aldehydes is 1. The van der Waals surface area contributed by atoms with Crippen molar-refractivity contribution in [2.45, 2.75) is 13.5 Å². The minimum absolute atomic E-state index is 0.418. The maximum atomic E-state index is 10.8. The van der Waals surface area contributed by atoms with Gasteiger partial charge in [0.05, 0.1) is 21.5 Å². The highest BCUT2D eigenvalue weighted by Crippen LogP contribution is 2.37. The van der Waals surface area contributed by atoms with E-state index in [1.54, 1.807) is 36.8 Å². The third-order valence-corrected chi connectivity index (χ3v) is 3.89. The zero-order chi connectivity index (χ0) is 13.8. The average molecular weight is 342 g/mol. The van der Waals surface area contributed by atoms with E-state index in [9.17, 15) is 4.79 Å². The van der Waals surface area contributed by atoms with Gasteiger partial charge in [-0.05, 0) is 35.0 Å². The fraction of sp³-hybridized carbons (Fsp3) is 0.231. The van der Waals surface area contributed by atoms with Crippen molar-refractivity contribution >= 4 is 33.6 Å². The van der Waals surface area contributed by atoms with Gasteiger partial charge in [0.1, 0.15) is 12.9 Å². The smallest absolute Gasteiger partial charge is 0.175 e. The number of nitrogens with zero attached hydrogens (tertiary/aromatic N) is 1. The summed E-state index contributed by atoms with van der Waals surface area (Å²) < 4.78 is 11.7. The molecule has 19 heavy (non-hydrogen) atoms. The summed E-state index contributed by atoms with van der Waals surface area (Å²) in [6.07, 6.45) is 2.56. The van der Waals surface area contributed by atoms with E-state index in [0.717, 1.165) is 16.2 Å². The van der Waals surface area contributed by atoms with E-state index in [-0.39, 0.29) is 0 Å². The van der Waals surface area contributed by atoms with E-state index in [2.05, 4.69) is 20.9 Å². The van der Waals surface area contributed by atoms with E-state index < -0.39 is 0 Å². The van der Waals surface area contributed by atoms with Gasteiger partial charge in [0.25, 0.3) is 0 Å². The van der Waals surface area contributed by atoms with Crippen molar-refractivity contribution in [3.05, 3.63) is 38.3 Å². The summed E-state index contributed by atoms with van der Waals surface area (Å²) in [6.45, 7) is 2.37. The normalized spacial score (nSPS) is 10.3. The topological polar surface area (TPSA) is 48.4 Å². The molecule has 0 saturated carbocycles. The average Bonchev–Trinajstić information content (AvgIpc) is 2.82. The van der Waals surface area contributed by atoms with Crippen LogP contribution in [0, 0.1) is 6.92 Å². The van der Waals surface area contributed by atoms with Gasteiger partial charge in [-0.25, -0.2) is 4.98 Å². The molecule has 2 aromatic rings. The molecule has 0 aliphatic heterocycles. The van der Waals surface area contributed by atoms with E-state index >= 15 is 0 Å². The quantitative estimate of drug-likeness (QED) is 0.779. The molecule has 2 rings (SSSR count). The van der Waals surface area contributed by atoms with Crippen molar-refractivity contribution in [2.24, 2.45) is 0 Å². The predicted octanol–water partition coefficient (Wildman–Crippen LogP) is 3.61. The number of ether oxygens (including phenoxy) is 2. The van der Waals surface area contributed by atoms with E-state index in [4.69, 9.17) is 9.47 Å². The van der Waals surface area contributed by atoms with Gasteiger partial charge >= 0.3 is 0 Å². The molecular formula is C13H12BrNO3S. The lowest BCUT2D eigenvalue weighted by Crippen LogP contribution is -1.98. The van der Waals surface area contributed by atoms with Crippen LogP contribution in [-0.4, -0.2) is 18.4 Å². The molecule has 1 heterocycles. The number of carbonyl (C=O) groups is 1. The van der Waals surface area contributed by atoms with E-state index in [0.29, 0.717) is 28.1 Å². The molecule has 0 radical (unpaired) electrons. The zero-order valence-electron chi connectivity index (χ0n) is 10.5. The van der Waals surface area contributed by atoms with E-state index in [1.165, 1.54) is 0 Å². The van der Waals surface area contributed by atoms with Crippen LogP contribution in [-0.2, 0) is 6.61 Å². The summed E-state index contributed by atoms with van der Waals surface area (Å²) in [7, 11) is 1.54. The minimum Gasteiger partial charge on any atom is -0.493 e. The van der Waals surface area contributed by atoms with Crippen LogP contribution >= 0.6 is 27.3 Å². The highest BCUT2D eigenvalue weighted by molar-refractivity contribution is 9.10. The van der Waals surface area contributed by atoms with Crippen LogP contribution in [0.3, 0.4) is 0 Å². The monoisotopic (exact) mass is 341 g/mol. The molecule has 6 heteroatoms. The number of methoxy groups -OCH3 is 1. The summed E-state index contributed by atoms with van der Waals surface area (Å²) in [5.74, 6) is 1.11. The van der Waals surface area contributed by atoms with Gasteiger partial charge in [-0.15, -0.1) is 11.3 Å². The molecular weight excluding hydrogens is 330 g/mol. The third-order valence-electron chi connectivity index (χ3n) is 2.42. The summed E-state index contributed by atoms with van der Waals surface area (Å²) >= 11 is 4.97. The van der Waals surface area contributed by atoms with Gasteiger partial charge in [0, 0.05) is 11.8 Å². The molecule has 1 aromatic carbocycles. The van der Waals surface area contributed by atoms with Crippen molar-refractivity contribution in [3.63, 3.8) is 0 Å². The Labute approximate surface area is 123 Å². The van der Waals surface area contributed by atoms with Crippen molar-refractivity contribution in [2.75, 3.05) is 7.11 Å². The Kier molecular flexibility index (Phi) is 4.55. The van der Waals surface area contributed by atoms with Gasteiger partial charge in [0.2, 0.25) is 0 Å². The van der Waals surface area contributed by atoms with Gasteiger partial charge in [-0.3, -0.25) is 4.79 Å². The van der Waals surface area contributed by atoms with Gasteiger partial charge < -0.3 is 9.47 Å². The Hall–Kier alpha value is -1.40. The minimum atomic E-state index is 0.418. The molecule has 0 atom stereocenters. The number of thiazole rings is 1. The Morgan fingerprint density at radius 2 is 2.26 bits per heavy atom. The van der Waals surface area contributed by atoms with Crippen molar-refractivity contribution < 1.29 is 14.3 Å². The van der Waals surface area contributed by atoms with Gasteiger partial charge in [-0.1, -0.05) is 0 Å². The highest BCUT2D eigenvalue weighted by Gasteiger charge is 2.12. The summed E-state index contributed by atoms with van der Waals surface area (Å²) in [4.78, 5) is 16.0. The molecule has 100 valence electrons. The van der Waals surface area contributed by atoms with Crippen molar-refractivity contribution in [1.82, 2.24) is 4.98 Å². The number of halogens is 1. The van der Waals surface area contributed by atoms with Crippen LogP contribution in [0.15, 0.2) is 22.8 Å². The number of hydrogen-bond donors (Lipinski definition) is 0. The Morgan fingerprint density at radius 3 is 2.84 bits per heavy atom. The molecule has 4 nitrogen and oxygen atoms in total. The largest absolute Gasteiger partial charge is 0.493 e. The second-order valence-corrected chi connectivity index (χ2v) is 5.96. The second-order valence-electron chi connectivity index (χ2n) is 3.79. The first-order chi connectivity index (χ1) is 9.13. The third kappa shape index (κ3) is 3.33. The molecule has 0 unspecified atom stereocenters. The maximum absolute atomic E-state index is 10.8. The zero-order valence-corrected chi connectivity index (χ0v) is 12.9. The summed E-state index contributed by atoms with van der Waals surface area (Å²) in [5, 5.41) is 1.00. The number of benzene rings is 1. The fourth-order valence-corrected chi connectivity index (χ4v) is 2.85. The molecule has 0 amide bonds. The molecule has 1 aromatic heterocycles. The lowest BCUT2D eigenvalue weighted by molar-refractivity contribution is 0.112. The van der Waals surface area contributed by atoms with Crippen LogP contribution in [0.5, 0.6) is 11.5 Å². The number of carbonyl (C=O) groups excluding carboxylic acids is 1. The molecule has 0 fully saturated rings. The van der Waals surface area contributed by atoms with Crippen LogP contribution in [0.2, 0.25) is 0 Å². The first kappa shape index (κ1) is 14.0. The van der Waals surface area contributed by atoms with Crippen LogP contribution in [0.25, 0.3) is 0 Å². The molecule has 0 aliphatic carbocycles. The Morgan fingerprint density at radius 1 is 1.47 bits per heavy atom. The fourth-order valence-electron chi connectivity index (χ4n) is 1.56. The second kappa shape index (κ2) is 6.16. The molecule has 0 spiro atoms. The molecule has 0 saturated heterocycles. The predicted molar refractivity (Wildman–Crippen MR) is 77.3 cm³/mol. The lowest BCUT2D eigenvalue weighted by atomic mass is 10.2. The lowest BCUT2D eigenvalue weighted by Gasteiger charge is -2.12. The Balaban J connectivity index is 2.21. The highest BCUT2D eigenvalue weighted by atomic mass is 79.9. The number of aromatic nitrogens is 1. The van der Waals surface area contributed by atoms with Crippen LogP contribution < -0.4 is 9.47 Å². The maximum Gasteiger partial charge on any atom is 0.175 e. The SMILES string of the molecule is COc1cc(C=O)cc(Br)c1OCc1cnc(C)s1. The summed E-state index contributed by atoms with van der Waals surface area (Å²) in [5.41, 5.74) is 0.532. The van der Waals surface area contributed by atoms with E-state index in [1.807, 2.05) is 6.92 Å².